The minimum Gasteiger partial charge on any atom is -0.493 e. The SMILES string of the molecule is COc1ccc(CCNC(=O)c2cc(Cl)c3c(c2)OCO3)cc1OC. The van der Waals surface area contributed by atoms with E-state index in [1.54, 1.807) is 26.4 Å². The van der Waals surface area contributed by atoms with E-state index in [1.807, 2.05) is 18.2 Å². The summed E-state index contributed by atoms with van der Waals surface area (Å²) >= 11 is 6.10. The Morgan fingerprint density at radius 3 is 2.72 bits per heavy atom. The van der Waals surface area contributed by atoms with Gasteiger partial charge in [-0.3, -0.25) is 4.79 Å². The molecule has 0 bridgehead atoms. The van der Waals surface area contributed by atoms with E-state index in [0.29, 0.717) is 46.5 Å². The molecule has 1 heterocycles. The average molecular weight is 364 g/mol. The van der Waals surface area contributed by atoms with Crippen molar-refractivity contribution in [2.75, 3.05) is 27.6 Å². The summed E-state index contributed by atoms with van der Waals surface area (Å²) in [6.07, 6.45) is 0.657. The van der Waals surface area contributed by atoms with Crippen molar-refractivity contribution in [3.8, 4) is 23.0 Å². The van der Waals surface area contributed by atoms with Crippen molar-refractivity contribution in [1.29, 1.82) is 0 Å². The van der Waals surface area contributed by atoms with Crippen LogP contribution >= 0.6 is 11.6 Å². The topological polar surface area (TPSA) is 66.0 Å². The number of ether oxygens (including phenoxy) is 4. The quantitative estimate of drug-likeness (QED) is 0.854. The number of amides is 1. The van der Waals surface area contributed by atoms with Crippen LogP contribution in [0.25, 0.3) is 0 Å². The number of carbonyl (C=O) groups is 1. The number of fused-ring (bicyclic) bond motifs is 1. The highest BCUT2D eigenvalue weighted by molar-refractivity contribution is 6.32. The van der Waals surface area contributed by atoms with Crippen LogP contribution < -0.4 is 24.3 Å². The van der Waals surface area contributed by atoms with Gasteiger partial charge in [-0.1, -0.05) is 17.7 Å². The number of carbonyl (C=O) groups excluding carboxylic acids is 1. The van der Waals surface area contributed by atoms with Gasteiger partial charge in [0.05, 0.1) is 19.2 Å². The number of rotatable bonds is 6. The molecule has 0 atom stereocenters. The normalized spacial score (nSPS) is 12.0. The van der Waals surface area contributed by atoms with E-state index >= 15 is 0 Å². The molecule has 0 aliphatic carbocycles. The predicted molar refractivity (Wildman–Crippen MR) is 93.2 cm³/mol. The fourth-order valence-electron chi connectivity index (χ4n) is 2.56. The molecular formula is C18H18ClNO5. The van der Waals surface area contributed by atoms with Gasteiger partial charge < -0.3 is 24.3 Å². The second kappa shape index (κ2) is 7.53. The van der Waals surface area contributed by atoms with Gasteiger partial charge in [-0.25, -0.2) is 0 Å². The van der Waals surface area contributed by atoms with Crippen molar-refractivity contribution >= 4 is 17.5 Å². The molecule has 0 unspecified atom stereocenters. The summed E-state index contributed by atoms with van der Waals surface area (Å²) in [5.41, 5.74) is 1.46. The molecular weight excluding hydrogens is 346 g/mol. The number of methoxy groups -OCH3 is 2. The Morgan fingerprint density at radius 1 is 1.16 bits per heavy atom. The van der Waals surface area contributed by atoms with Gasteiger partial charge >= 0.3 is 0 Å². The third kappa shape index (κ3) is 3.74. The lowest BCUT2D eigenvalue weighted by atomic mass is 10.1. The Morgan fingerprint density at radius 2 is 1.96 bits per heavy atom. The van der Waals surface area contributed by atoms with Crippen molar-refractivity contribution in [1.82, 2.24) is 5.32 Å². The zero-order chi connectivity index (χ0) is 17.8. The second-order valence-electron chi connectivity index (χ2n) is 5.39. The fourth-order valence-corrected chi connectivity index (χ4v) is 2.82. The van der Waals surface area contributed by atoms with Crippen LogP contribution in [0.2, 0.25) is 5.02 Å². The van der Waals surface area contributed by atoms with Crippen LogP contribution in [-0.2, 0) is 6.42 Å². The molecule has 132 valence electrons. The average Bonchev–Trinajstić information content (AvgIpc) is 3.10. The summed E-state index contributed by atoms with van der Waals surface area (Å²) in [5, 5.41) is 3.23. The molecule has 3 rings (SSSR count). The molecule has 0 saturated heterocycles. The summed E-state index contributed by atoms with van der Waals surface area (Å²) in [5.74, 6) is 2.07. The van der Waals surface area contributed by atoms with Crippen LogP contribution in [0.5, 0.6) is 23.0 Å². The Bertz CT molecular complexity index is 793. The smallest absolute Gasteiger partial charge is 0.251 e. The molecule has 2 aromatic carbocycles. The maximum absolute atomic E-state index is 12.3. The van der Waals surface area contributed by atoms with Gasteiger partial charge in [0.1, 0.15) is 0 Å². The first-order valence-corrected chi connectivity index (χ1v) is 8.08. The molecule has 1 aliphatic heterocycles. The first kappa shape index (κ1) is 17.2. The molecule has 0 radical (unpaired) electrons. The summed E-state index contributed by atoms with van der Waals surface area (Å²) in [4.78, 5) is 12.3. The van der Waals surface area contributed by atoms with Gasteiger partial charge in [0.15, 0.2) is 23.0 Å². The highest BCUT2D eigenvalue weighted by atomic mass is 35.5. The van der Waals surface area contributed by atoms with Crippen molar-refractivity contribution < 1.29 is 23.7 Å². The van der Waals surface area contributed by atoms with Gasteiger partial charge in [-0.2, -0.15) is 0 Å². The van der Waals surface area contributed by atoms with Crippen LogP contribution in [0, 0.1) is 0 Å². The molecule has 0 spiro atoms. The third-order valence-electron chi connectivity index (χ3n) is 3.84. The molecule has 0 aromatic heterocycles. The number of halogens is 1. The maximum atomic E-state index is 12.3. The summed E-state index contributed by atoms with van der Waals surface area (Å²) in [7, 11) is 3.18. The minimum absolute atomic E-state index is 0.111. The number of hydrogen-bond donors (Lipinski definition) is 1. The van der Waals surface area contributed by atoms with Gasteiger partial charge in [0.25, 0.3) is 5.91 Å². The zero-order valence-corrected chi connectivity index (χ0v) is 14.7. The molecule has 7 heteroatoms. The molecule has 0 saturated carbocycles. The van der Waals surface area contributed by atoms with Crippen LogP contribution in [0.3, 0.4) is 0 Å². The lowest BCUT2D eigenvalue weighted by molar-refractivity contribution is 0.0953. The molecule has 25 heavy (non-hydrogen) atoms. The van der Waals surface area contributed by atoms with Crippen molar-refractivity contribution in [3.63, 3.8) is 0 Å². The van der Waals surface area contributed by atoms with Crippen LogP contribution in [0.4, 0.5) is 0 Å². The van der Waals surface area contributed by atoms with E-state index in [9.17, 15) is 4.79 Å². The minimum atomic E-state index is -0.222. The van der Waals surface area contributed by atoms with Gasteiger partial charge in [0.2, 0.25) is 6.79 Å². The number of benzene rings is 2. The fraction of sp³-hybridized carbons (Fsp3) is 0.278. The highest BCUT2D eigenvalue weighted by Crippen LogP contribution is 2.39. The highest BCUT2D eigenvalue weighted by Gasteiger charge is 2.20. The summed E-state index contributed by atoms with van der Waals surface area (Å²) in [6, 6.07) is 8.86. The van der Waals surface area contributed by atoms with E-state index in [2.05, 4.69) is 5.32 Å². The van der Waals surface area contributed by atoms with E-state index in [4.69, 9.17) is 30.5 Å². The largest absolute Gasteiger partial charge is 0.493 e. The lowest BCUT2D eigenvalue weighted by Gasteiger charge is -2.10. The Hall–Kier alpha value is -2.60. The Balaban J connectivity index is 1.61. The summed E-state index contributed by atoms with van der Waals surface area (Å²) in [6.45, 7) is 0.583. The molecule has 2 aromatic rings. The first-order chi connectivity index (χ1) is 12.1. The first-order valence-electron chi connectivity index (χ1n) is 7.70. The van der Waals surface area contributed by atoms with E-state index in [-0.39, 0.29) is 12.7 Å². The number of nitrogens with one attached hydrogen (secondary N) is 1. The Labute approximate surface area is 150 Å². The predicted octanol–water partition coefficient (Wildman–Crippen LogP) is 3.06. The lowest BCUT2D eigenvalue weighted by Crippen LogP contribution is -2.25. The van der Waals surface area contributed by atoms with E-state index < -0.39 is 0 Å². The third-order valence-corrected chi connectivity index (χ3v) is 4.12. The van der Waals surface area contributed by atoms with E-state index in [0.717, 1.165) is 5.56 Å². The molecule has 6 nitrogen and oxygen atoms in total. The van der Waals surface area contributed by atoms with Crippen LogP contribution in [0.1, 0.15) is 15.9 Å². The van der Waals surface area contributed by atoms with Crippen molar-refractivity contribution in [2.45, 2.75) is 6.42 Å². The van der Waals surface area contributed by atoms with Crippen molar-refractivity contribution in [2.24, 2.45) is 0 Å². The monoisotopic (exact) mass is 363 g/mol. The van der Waals surface area contributed by atoms with Crippen molar-refractivity contribution in [3.05, 3.63) is 46.5 Å². The molecule has 0 fully saturated rings. The number of hydrogen-bond acceptors (Lipinski definition) is 5. The molecule has 1 N–H and O–H groups in total. The van der Waals surface area contributed by atoms with Gasteiger partial charge in [-0.15, -0.1) is 0 Å². The van der Waals surface area contributed by atoms with Gasteiger partial charge in [-0.05, 0) is 36.2 Å². The Kier molecular flexibility index (Phi) is 5.19. The summed E-state index contributed by atoms with van der Waals surface area (Å²) < 4.78 is 21.0. The molecule has 1 aliphatic rings. The van der Waals surface area contributed by atoms with E-state index in [1.165, 1.54) is 0 Å². The van der Waals surface area contributed by atoms with Crippen LogP contribution in [0.15, 0.2) is 30.3 Å². The van der Waals surface area contributed by atoms with Gasteiger partial charge in [0, 0.05) is 12.1 Å². The molecule has 1 amide bonds. The maximum Gasteiger partial charge on any atom is 0.251 e. The second-order valence-corrected chi connectivity index (χ2v) is 5.79. The zero-order valence-electron chi connectivity index (χ0n) is 13.9. The standard InChI is InChI=1S/C18H18ClNO5/c1-22-14-4-3-11(7-15(14)23-2)5-6-20-18(21)12-8-13(19)17-16(9-12)24-10-25-17/h3-4,7-9H,5-6,10H2,1-2H3,(H,20,21). The van der Waals surface area contributed by atoms with Crippen LogP contribution in [-0.4, -0.2) is 33.5 Å².